The molecule has 3 aliphatic rings. The fraction of sp³-hybridized carbons (Fsp3) is 0.688. The third-order valence-corrected chi connectivity index (χ3v) is 5.00. The predicted octanol–water partition coefficient (Wildman–Crippen LogP) is 2.72. The molecular formula is C16H22O3. The summed E-state index contributed by atoms with van der Waals surface area (Å²) in [5.41, 5.74) is 0. The van der Waals surface area contributed by atoms with Crippen LogP contribution in [-0.2, 0) is 14.3 Å². The number of fused-ring (bicyclic) bond motifs is 4. The van der Waals surface area contributed by atoms with Crippen LogP contribution >= 0.6 is 0 Å². The Morgan fingerprint density at radius 3 is 3.05 bits per heavy atom. The van der Waals surface area contributed by atoms with Crippen molar-refractivity contribution in [2.24, 2.45) is 23.7 Å². The van der Waals surface area contributed by atoms with Gasteiger partial charge in [0.25, 0.3) is 0 Å². The molecule has 0 heterocycles. The molecule has 2 fully saturated rings. The van der Waals surface area contributed by atoms with E-state index in [0.717, 1.165) is 17.8 Å². The van der Waals surface area contributed by atoms with Crippen LogP contribution in [0.25, 0.3) is 0 Å². The first-order chi connectivity index (χ1) is 9.29. The van der Waals surface area contributed by atoms with Gasteiger partial charge in [0.1, 0.15) is 6.61 Å². The molecule has 2 bridgehead atoms. The topological polar surface area (TPSA) is 35.5 Å². The summed E-state index contributed by atoms with van der Waals surface area (Å²) in [5, 5.41) is 0. The van der Waals surface area contributed by atoms with E-state index in [1.165, 1.54) is 31.8 Å². The second-order valence-corrected chi connectivity index (χ2v) is 5.95. The maximum absolute atomic E-state index is 10.9. The number of carbonyl (C=O) groups excluding carboxylic acids is 1. The van der Waals surface area contributed by atoms with Gasteiger partial charge in [-0.2, -0.15) is 0 Å². The van der Waals surface area contributed by atoms with Gasteiger partial charge in [-0.3, -0.25) is 0 Å². The Hall–Kier alpha value is -1.09. The zero-order valence-corrected chi connectivity index (χ0v) is 11.3. The molecule has 0 radical (unpaired) electrons. The molecule has 5 unspecified atom stereocenters. The predicted molar refractivity (Wildman–Crippen MR) is 72.5 cm³/mol. The van der Waals surface area contributed by atoms with Crippen LogP contribution in [0.5, 0.6) is 0 Å². The molecule has 0 N–H and O–H groups in total. The van der Waals surface area contributed by atoms with Gasteiger partial charge >= 0.3 is 5.97 Å². The number of esters is 1. The van der Waals surface area contributed by atoms with Crippen LogP contribution in [0.1, 0.15) is 25.7 Å². The second-order valence-electron chi connectivity index (χ2n) is 5.95. The Morgan fingerprint density at radius 1 is 1.32 bits per heavy atom. The normalized spacial score (nSPS) is 39.1. The summed E-state index contributed by atoms with van der Waals surface area (Å²) in [5.74, 6) is 2.66. The first-order valence-corrected chi connectivity index (χ1v) is 7.37. The molecule has 0 aromatic carbocycles. The van der Waals surface area contributed by atoms with Crippen molar-refractivity contribution in [2.45, 2.75) is 31.8 Å². The van der Waals surface area contributed by atoms with Gasteiger partial charge in [0.05, 0.1) is 12.7 Å². The number of allylic oxidation sites excluding steroid dienone is 2. The van der Waals surface area contributed by atoms with Gasteiger partial charge < -0.3 is 9.47 Å². The monoisotopic (exact) mass is 262 g/mol. The molecule has 0 aromatic rings. The lowest BCUT2D eigenvalue weighted by Gasteiger charge is -2.38. The Kier molecular flexibility index (Phi) is 3.74. The molecule has 0 aromatic heterocycles. The highest BCUT2D eigenvalue weighted by atomic mass is 16.6. The highest BCUT2D eigenvalue weighted by Gasteiger charge is 2.49. The molecule has 5 atom stereocenters. The Balaban J connectivity index is 1.50. The highest BCUT2D eigenvalue weighted by molar-refractivity contribution is 5.81. The van der Waals surface area contributed by atoms with Crippen LogP contribution in [0.3, 0.4) is 0 Å². The molecular weight excluding hydrogens is 240 g/mol. The summed E-state index contributed by atoms with van der Waals surface area (Å²) >= 11 is 0. The lowest BCUT2D eigenvalue weighted by Crippen LogP contribution is -2.38. The van der Waals surface area contributed by atoms with Crippen molar-refractivity contribution in [3.05, 3.63) is 24.8 Å². The molecule has 19 heavy (non-hydrogen) atoms. The van der Waals surface area contributed by atoms with E-state index in [9.17, 15) is 4.79 Å². The molecule has 3 aliphatic carbocycles. The highest BCUT2D eigenvalue weighted by Crippen LogP contribution is 2.53. The number of ether oxygens (including phenoxy) is 2. The number of rotatable bonds is 5. The molecule has 0 amide bonds. The fourth-order valence-corrected chi connectivity index (χ4v) is 4.25. The van der Waals surface area contributed by atoms with Crippen molar-refractivity contribution < 1.29 is 14.3 Å². The van der Waals surface area contributed by atoms with Gasteiger partial charge in [-0.15, -0.1) is 0 Å². The molecule has 2 saturated carbocycles. The van der Waals surface area contributed by atoms with Gasteiger partial charge in [0.2, 0.25) is 0 Å². The standard InChI is InChI=1S/C16H22O3/c1-2-15(17)18-8-9-19-16-12-6-7-14(16)13-5-3-4-11(13)10-12/h2-3,5,11-14,16H,1,4,6-10H2. The average Bonchev–Trinajstić information content (AvgIpc) is 3.00. The Morgan fingerprint density at radius 2 is 2.21 bits per heavy atom. The molecule has 3 heteroatoms. The quantitative estimate of drug-likeness (QED) is 0.331. The van der Waals surface area contributed by atoms with Crippen LogP contribution in [0.15, 0.2) is 24.8 Å². The smallest absolute Gasteiger partial charge is 0.330 e. The first-order valence-electron chi connectivity index (χ1n) is 7.37. The van der Waals surface area contributed by atoms with Crippen molar-refractivity contribution in [1.29, 1.82) is 0 Å². The fourth-order valence-electron chi connectivity index (χ4n) is 4.25. The van der Waals surface area contributed by atoms with Gasteiger partial charge in [-0.25, -0.2) is 4.79 Å². The Labute approximate surface area is 114 Å². The molecule has 104 valence electrons. The zero-order chi connectivity index (χ0) is 13.2. The van der Waals surface area contributed by atoms with Gasteiger partial charge in [0, 0.05) is 6.08 Å². The second kappa shape index (κ2) is 5.49. The van der Waals surface area contributed by atoms with E-state index in [1.54, 1.807) is 0 Å². The van der Waals surface area contributed by atoms with Crippen LogP contribution in [0, 0.1) is 23.7 Å². The van der Waals surface area contributed by atoms with Crippen molar-refractivity contribution in [1.82, 2.24) is 0 Å². The maximum Gasteiger partial charge on any atom is 0.330 e. The van der Waals surface area contributed by atoms with Crippen LogP contribution in [-0.4, -0.2) is 25.3 Å². The Bertz CT molecular complexity index is 387. The molecule has 0 aliphatic heterocycles. The minimum Gasteiger partial charge on any atom is -0.460 e. The van der Waals surface area contributed by atoms with Crippen LogP contribution < -0.4 is 0 Å². The van der Waals surface area contributed by atoms with Crippen LogP contribution in [0.4, 0.5) is 0 Å². The van der Waals surface area contributed by atoms with E-state index in [2.05, 4.69) is 18.7 Å². The first kappa shape index (κ1) is 12.9. The summed E-state index contributed by atoms with van der Waals surface area (Å²) in [6.07, 6.45) is 11.5. The van der Waals surface area contributed by atoms with Crippen molar-refractivity contribution in [2.75, 3.05) is 13.2 Å². The molecule has 3 nitrogen and oxygen atoms in total. The third-order valence-electron chi connectivity index (χ3n) is 5.00. The minimum atomic E-state index is -0.367. The average molecular weight is 262 g/mol. The number of carbonyl (C=O) groups is 1. The largest absolute Gasteiger partial charge is 0.460 e. The number of hydrogen-bond acceptors (Lipinski definition) is 3. The lowest BCUT2D eigenvalue weighted by molar-refractivity contribution is -0.141. The summed E-state index contributed by atoms with van der Waals surface area (Å²) in [4.78, 5) is 10.9. The van der Waals surface area contributed by atoms with Crippen LogP contribution in [0.2, 0.25) is 0 Å². The van der Waals surface area contributed by atoms with Gasteiger partial charge in [-0.05, 0) is 49.4 Å². The van der Waals surface area contributed by atoms with E-state index >= 15 is 0 Å². The van der Waals surface area contributed by atoms with Gasteiger partial charge in [0.15, 0.2) is 0 Å². The van der Waals surface area contributed by atoms with E-state index in [0.29, 0.717) is 25.2 Å². The summed E-state index contributed by atoms with van der Waals surface area (Å²) in [7, 11) is 0. The van der Waals surface area contributed by atoms with E-state index in [1.807, 2.05) is 0 Å². The maximum atomic E-state index is 10.9. The molecule has 0 spiro atoms. The summed E-state index contributed by atoms with van der Waals surface area (Å²) < 4.78 is 11.0. The van der Waals surface area contributed by atoms with Crippen molar-refractivity contribution in [3.8, 4) is 0 Å². The summed E-state index contributed by atoms with van der Waals surface area (Å²) in [6.45, 7) is 4.23. The number of hydrogen-bond donors (Lipinski definition) is 0. The SMILES string of the molecule is C=CC(=O)OCCOC1C2CCC1C1C=CCC1C2. The van der Waals surface area contributed by atoms with Crippen molar-refractivity contribution >= 4 is 5.97 Å². The molecule has 3 rings (SSSR count). The lowest BCUT2D eigenvalue weighted by atomic mass is 9.72. The third kappa shape index (κ3) is 2.48. The van der Waals surface area contributed by atoms with E-state index in [-0.39, 0.29) is 5.97 Å². The minimum absolute atomic E-state index is 0.338. The van der Waals surface area contributed by atoms with Crippen molar-refractivity contribution in [3.63, 3.8) is 0 Å². The van der Waals surface area contributed by atoms with E-state index in [4.69, 9.17) is 9.47 Å². The van der Waals surface area contributed by atoms with Gasteiger partial charge in [-0.1, -0.05) is 18.7 Å². The molecule has 0 saturated heterocycles. The summed E-state index contributed by atoms with van der Waals surface area (Å²) in [6, 6.07) is 0. The van der Waals surface area contributed by atoms with E-state index < -0.39 is 0 Å². The zero-order valence-electron chi connectivity index (χ0n) is 11.3.